The summed E-state index contributed by atoms with van der Waals surface area (Å²) in [6.07, 6.45) is 0. The molecule has 1 amide bonds. The number of carbonyl (C=O) groups excluding carboxylic acids is 2. The number of para-hydroxylation sites is 1. The normalized spacial score (nSPS) is 10.2. The van der Waals surface area contributed by atoms with Crippen molar-refractivity contribution in [1.82, 2.24) is 0 Å². The van der Waals surface area contributed by atoms with Crippen LogP contribution in [0.5, 0.6) is 5.75 Å². The molecule has 0 aliphatic rings. The van der Waals surface area contributed by atoms with Crippen LogP contribution >= 0.6 is 0 Å². The highest BCUT2D eigenvalue weighted by atomic mass is 16.5. The predicted octanol–water partition coefficient (Wildman–Crippen LogP) is 4.77. The van der Waals surface area contributed by atoms with Gasteiger partial charge >= 0.3 is 5.97 Å². The first-order valence-corrected chi connectivity index (χ1v) is 8.29. The SMILES string of the molecule is Cc1cc(C)c(C(=O)Oc2ccccc2)c(NC(=O)c2ccccc2)c1. The monoisotopic (exact) mass is 345 g/mol. The van der Waals surface area contributed by atoms with Crippen LogP contribution in [-0.2, 0) is 0 Å². The Kier molecular flexibility index (Phi) is 5.13. The van der Waals surface area contributed by atoms with Gasteiger partial charge in [-0.3, -0.25) is 4.79 Å². The van der Waals surface area contributed by atoms with E-state index in [1.165, 1.54) is 0 Å². The molecule has 0 aliphatic heterocycles. The van der Waals surface area contributed by atoms with Crippen LogP contribution in [0.2, 0.25) is 0 Å². The minimum Gasteiger partial charge on any atom is -0.423 e. The number of hydrogen-bond donors (Lipinski definition) is 1. The molecule has 4 nitrogen and oxygen atoms in total. The summed E-state index contributed by atoms with van der Waals surface area (Å²) in [6, 6.07) is 21.4. The molecular formula is C22H19NO3. The van der Waals surface area contributed by atoms with E-state index >= 15 is 0 Å². The van der Waals surface area contributed by atoms with Crippen LogP contribution in [0.15, 0.2) is 72.8 Å². The summed E-state index contributed by atoms with van der Waals surface area (Å²) in [5, 5.41) is 2.84. The van der Waals surface area contributed by atoms with Crippen molar-refractivity contribution >= 4 is 17.6 Å². The van der Waals surface area contributed by atoms with E-state index in [9.17, 15) is 9.59 Å². The van der Waals surface area contributed by atoms with Gasteiger partial charge in [0.2, 0.25) is 0 Å². The Balaban J connectivity index is 1.92. The van der Waals surface area contributed by atoms with Crippen molar-refractivity contribution < 1.29 is 14.3 Å². The van der Waals surface area contributed by atoms with Gasteiger partial charge in [-0.1, -0.05) is 42.5 Å². The molecule has 130 valence electrons. The fourth-order valence-electron chi connectivity index (χ4n) is 2.77. The first-order chi connectivity index (χ1) is 12.5. The zero-order valence-corrected chi connectivity index (χ0v) is 14.7. The van der Waals surface area contributed by atoms with Crippen molar-refractivity contribution in [2.24, 2.45) is 0 Å². The molecule has 3 aromatic carbocycles. The third-order valence-corrected chi connectivity index (χ3v) is 3.92. The van der Waals surface area contributed by atoms with Crippen LogP contribution in [0.4, 0.5) is 5.69 Å². The third-order valence-electron chi connectivity index (χ3n) is 3.92. The Labute approximate surface area is 152 Å². The molecule has 4 heteroatoms. The van der Waals surface area contributed by atoms with Gasteiger partial charge in [0.1, 0.15) is 5.75 Å². The molecule has 0 bridgehead atoms. The van der Waals surface area contributed by atoms with Crippen LogP contribution in [-0.4, -0.2) is 11.9 Å². The molecule has 0 radical (unpaired) electrons. The van der Waals surface area contributed by atoms with Crippen LogP contribution < -0.4 is 10.1 Å². The maximum Gasteiger partial charge on any atom is 0.345 e. The van der Waals surface area contributed by atoms with Gasteiger partial charge in [0, 0.05) is 5.56 Å². The molecule has 0 saturated carbocycles. The summed E-state index contributed by atoms with van der Waals surface area (Å²) in [5.74, 6) is -0.320. The molecule has 0 spiro atoms. The second-order valence-corrected chi connectivity index (χ2v) is 6.03. The maximum absolute atomic E-state index is 12.7. The lowest BCUT2D eigenvalue weighted by molar-refractivity contribution is 0.0735. The van der Waals surface area contributed by atoms with E-state index in [0.717, 1.165) is 11.1 Å². The number of hydrogen-bond acceptors (Lipinski definition) is 3. The Hall–Kier alpha value is -3.40. The number of aryl methyl sites for hydroxylation is 2. The van der Waals surface area contributed by atoms with Gasteiger partial charge in [0.25, 0.3) is 5.91 Å². The molecule has 0 aromatic heterocycles. The molecule has 26 heavy (non-hydrogen) atoms. The van der Waals surface area contributed by atoms with Crippen molar-refractivity contribution in [3.8, 4) is 5.75 Å². The lowest BCUT2D eigenvalue weighted by atomic mass is 10.0. The summed E-state index contributed by atoms with van der Waals surface area (Å²) in [7, 11) is 0. The summed E-state index contributed by atoms with van der Waals surface area (Å²) >= 11 is 0. The number of benzene rings is 3. The van der Waals surface area contributed by atoms with Crippen LogP contribution in [0.3, 0.4) is 0 Å². The topological polar surface area (TPSA) is 55.4 Å². The van der Waals surface area contributed by atoms with Gasteiger partial charge in [-0.05, 0) is 55.3 Å². The van der Waals surface area contributed by atoms with E-state index in [4.69, 9.17) is 4.74 Å². The molecular weight excluding hydrogens is 326 g/mol. The van der Waals surface area contributed by atoms with Crippen molar-refractivity contribution in [3.63, 3.8) is 0 Å². The van der Waals surface area contributed by atoms with E-state index in [2.05, 4.69) is 5.32 Å². The first kappa shape index (κ1) is 17.4. The molecule has 0 saturated heterocycles. The Morgan fingerprint density at radius 2 is 1.46 bits per heavy atom. The fourth-order valence-corrected chi connectivity index (χ4v) is 2.77. The smallest absolute Gasteiger partial charge is 0.345 e. The molecule has 3 rings (SSSR count). The lowest BCUT2D eigenvalue weighted by Crippen LogP contribution is -2.18. The second-order valence-electron chi connectivity index (χ2n) is 6.03. The number of ether oxygens (including phenoxy) is 1. The average molecular weight is 345 g/mol. The number of anilines is 1. The van der Waals surface area contributed by atoms with Crippen LogP contribution in [0, 0.1) is 13.8 Å². The van der Waals surface area contributed by atoms with Crippen LogP contribution in [0.1, 0.15) is 31.8 Å². The van der Waals surface area contributed by atoms with Gasteiger partial charge in [0.05, 0.1) is 11.3 Å². The number of amides is 1. The lowest BCUT2D eigenvalue weighted by Gasteiger charge is -2.14. The Bertz CT molecular complexity index is 934. The molecule has 0 heterocycles. The standard InChI is InChI=1S/C22H19NO3/c1-15-13-16(2)20(22(25)26-18-11-7-4-8-12-18)19(14-15)23-21(24)17-9-5-3-6-10-17/h3-14H,1-2H3,(H,23,24). The van der Waals surface area contributed by atoms with E-state index in [1.54, 1.807) is 54.6 Å². The third kappa shape index (κ3) is 3.98. The first-order valence-electron chi connectivity index (χ1n) is 8.29. The summed E-state index contributed by atoms with van der Waals surface area (Å²) in [5.41, 5.74) is 3.01. The Morgan fingerprint density at radius 3 is 2.12 bits per heavy atom. The van der Waals surface area contributed by atoms with Gasteiger partial charge in [-0.2, -0.15) is 0 Å². The molecule has 1 N–H and O–H groups in total. The highest BCUT2D eigenvalue weighted by molar-refractivity contribution is 6.08. The minimum atomic E-state index is -0.503. The predicted molar refractivity (Wildman–Crippen MR) is 102 cm³/mol. The van der Waals surface area contributed by atoms with E-state index in [-0.39, 0.29) is 5.91 Å². The summed E-state index contributed by atoms with van der Waals surface area (Å²) in [4.78, 5) is 25.2. The number of rotatable bonds is 4. The highest BCUT2D eigenvalue weighted by Crippen LogP contribution is 2.25. The van der Waals surface area contributed by atoms with Crippen molar-refractivity contribution in [3.05, 3.63) is 95.1 Å². The van der Waals surface area contributed by atoms with Gasteiger partial charge in [-0.15, -0.1) is 0 Å². The number of esters is 1. The second kappa shape index (κ2) is 7.66. The minimum absolute atomic E-state index is 0.274. The van der Waals surface area contributed by atoms with Crippen molar-refractivity contribution in [2.45, 2.75) is 13.8 Å². The summed E-state index contributed by atoms with van der Waals surface area (Å²) < 4.78 is 5.46. The molecule has 0 atom stereocenters. The zero-order chi connectivity index (χ0) is 18.5. The van der Waals surface area contributed by atoms with Crippen LogP contribution in [0.25, 0.3) is 0 Å². The van der Waals surface area contributed by atoms with Gasteiger partial charge in [-0.25, -0.2) is 4.79 Å². The Morgan fingerprint density at radius 1 is 0.846 bits per heavy atom. The van der Waals surface area contributed by atoms with Gasteiger partial charge < -0.3 is 10.1 Å². The van der Waals surface area contributed by atoms with Crippen molar-refractivity contribution in [1.29, 1.82) is 0 Å². The van der Waals surface area contributed by atoms with E-state index in [1.807, 2.05) is 32.0 Å². The molecule has 0 fully saturated rings. The quantitative estimate of drug-likeness (QED) is 0.547. The van der Waals surface area contributed by atoms with E-state index in [0.29, 0.717) is 22.6 Å². The highest BCUT2D eigenvalue weighted by Gasteiger charge is 2.19. The average Bonchev–Trinajstić information content (AvgIpc) is 2.62. The molecule has 0 unspecified atom stereocenters. The fraction of sp³-hybridized carbons (Fsp3) is 0.0909. The van der Waals surface area contributed by atoms with E-state index < -0.39 is 5.97 Å². The van der Waals surface area contributed by atoms with Crippen molar-refractivity contribution in [2.75, 3.05) is 5.32 Å². The van der Waals surface area contributed by atoms with Gasteiger partial charge in [0.15, 0.2) is 0 Å². The zero-order valence-electron chi connectivity index (χ0n) is 14.7. The summed E-state index contributed by atoms with van der Waals surface area (Å²) in [6.45, 7) is 3.74. The maximum atomic E-state index is 12.7. The number of nitrogens with one attached hydrogen (secondary N) is 1. The molecule has 0 aliphatic carbocycles. The molecule has 3 aromatic rings. The number of carbonyl (C=O) groups is 2. The largest absolute Gasteiger partial charge is 0.423 e.